The van der Waals surface area contributed by atoms with Gasteiger partial charge in [0.1, 0.15) is 5.54 Å². The number of rotatable bonds is 15. The summed E-state index contributed by atoms with van der Waals surface area (Å²) in [4.78, 5) is 43.8. The van der Waals surface area contributed by atoms with Gasteiger partial charge in [0.25, 0.3) is 0 Å². The summed E-state index contributed by atoms with van der Waals surface area (Å²) in [6.07, 6.45) is -9.99. The van der Waals surface area contributed by atoms with Crippen LogP contribution in [-0.4, -0.2) is 88.5 Å². The predicted octanol–water partition coefficient (Wildman–Crippen LogP) is 10.2. The standard InChI is InChI=1S/C37H32ClF17N2O4/c38-21-14-12-20(13-15-21)25-23-24(27(59)57(26(23)58)22-10-5-2-6-11-22)29(56-25,18-19-8-3-1-4-9-19)28(60)61-17-7-16-30(39,40)31(41,42)32(43,44)33(45,46)34(47,48)35(49,50)36(51,52)37(53,54)55/h1,3-4,8-9,12-15,22-25,56H,2,5-7,10-11,16-18H2/t23-,24-,25-,29-/m1/s1. The van der Waals surface area contributed by atoms with Crippen LogP contribution in [0.4, 0.5) is 74.6 Å². The Kier molecular flexibility index (Phi) is 12.7. The van der Waals surface area contributed by atoms with Crippen LogP contribution in [0.5, 0.6) is 0 Å². The zero-order chi connectivity index (χ0) is 46.0. The second kappa shape index (κ2) is 16.0. The first-order valence-electron chi connectivity index (χ1n) is 18.2. The minimum atomic E-state index is -8.76. The van der Waals surface area contributed by atoms with Crippen molar-refractivity contribution < 1.29 is 93.8 Å². The van der Waals surface area contributed by atoms with Crippen LogP contribution < -0.4 is 5.32 Å². The van der Waals surface area contributed by atoms with Gasteiger partial charge in [-0.05, 0) is 42.5 Å². The fourth-order valence-corrected chi connectivity index (χ4v) is 8.09. The highest BCUT2D eigenvalue weighted by Crippen LogP contribution is 2.64. The normalized spacial score (nSPS) is 24.0. The number of amides is 2. The molecule has 2 aromatic carbocycles. The molecular formula is C37H32ClF17N2O4. The van der Waals surface area contributed by atoms with E-state index in [1.165, 1.54) is 48.5 Å². The average molecular weight is 927 g/mol. The lowest BCUT2D eigenvalue weighted by atomic mass is 9.76. The van der Waals surface area contributed by atoms with Crippen molar-refractivity contribution in [3.8, 4) is 0 Å². The van der Waals surface area contributed by atoms with E-state index in [1.54, 1.807) is 6.07 Å². The monoisotopic (exact) mass is 926 g/mol. The van der Waals surface area contributed by atoms with Gasteiger partial charge in [-0.25, -0.2) is 0 Å². The van der Waals surface area contributed by atoms with E-state index in [2.05, 4.69) is 5.32 Å². The average Bonchev–Trinajstić information content (AvgIpc) is 3.65. The highest BCUT2D eigenvalue weighted by atomic mass is 35.5. The molecule has 0 unspecified atom stereocenters. The molecule has 2 aromatic rings. The van der Waals surface area contributed by atoms with E-state index in [0.717, 1.165) is 11.3 Å². The molecule has 0 aromatic heterocycles. The molecule has 2 aliphatic heterocycles. The molecule has 5 rings (SSSR count). The zero-order valence-corrected chi connectivity index (χ0v) is 31.5. The minimum absolute atomic E-state index is 0.240. The fraction of sp³-hybridized carbons (Fsp3) is 0.595. The quantitative estimate of drug-likeness (QED) is 0.0834. The Morgan fingerprint density at radius 3 is 1.72 bits per heavy atom. The van der Waals surface area contributed by atoms with Gasteiger partial charge < -0.3 is 4.74 Å². The van der Waals surface area contributed by atoms with Crippen LogP contribution in [-0.2, 0) is 25.5 Å². The molecule has 24 heteroatoms. The van der Waals surface area contributed by atoms with Crippen LogP contribution >= 0.6 is 11.6 Å². The highest BCUT2D eigenvalue weighted by Gasteiger charge is 2.95. The zero-order valence-electron chi connectivity index (χ0n) is 30.8. The predicted molar refractivity (Wildman–Crippen MR) is 177 cm³/mol. The second-order valence-corrected chi connectivity index (χ2v) is 15.5. The number of carbonyl (C=O) groups is 3. The van der Waals surface area contributed by atoms with Crippen LogP contribution in [0.15, 0.2) is 54.6 Å². The van der Waals surface area contributed by atoms with Gasteiger partial charge in [-0.3, -0.25) is 24.6 Å². The summed E-state index contributed by atoms with van der Waals surface area (Å²) in [5, 5.41) is 3.19. The molecule has 2 amide bonds. The molecule has 0 radical (unpaired) electrons. The molecule has 3 aliphatic rings. The van der Waals surface area contributed by atoms with Crippen molar-refractivity contribution in [2.75, 3.05) is 6.61 Å². The summed E-state index contributed by atoms with van der Waals surface area (Å²) in [5.74, 6) is -63.4. The van der Waals surface area contributed by atoms with E-state index >= 15 is 0 Å². The van der Waals surface area contributed by atoms with E-state index in [1.807, 2.05) is 0 Å². The van der Waals surface area contributed by atoms with E-state index in [-0.39, 0.29) is 5.02 Å². The largest absolute Gasteiger partial charge is 0.464 e. The Morgan fingerprint density at radius 1 is 0.689 bits per heavy atom. The first-order valence-corrected chi connectivity index (χ1v) is 18.6. The van der Waals surface area contributed by atoms with E-state index in [0.29, 0.717) is 36.8 Å². The molecule has 340 valence electrons. The van der Waals surface area contributed by atoms with Crippen molar-refractivity contribution in [2.45, 2.75) is 117 Å². The Bertz CT molecular complexity index is 1940. The summed E-state index contributed by atoms with van der Waals surface area (Å²) < 4.78 is 239. The third-order valence-electron chi connectivity index (χ3n) is 11.2. The Labute approximate surface area is 339 Å². The topological polar surface area (TPSA) is 75.7 Å². The lowest BCUT2D eigenvalue weighted by molar-refractivity contribution is -0.461. The molecule has 0 spiro atoms. The number of benzene rings is 2. The van der Waals surface area contributed by atoms with E-state index in [9.17, 15) is 89.0 Å². The maximum absolute atomic E-state index is 14.7. The maximum atomic E-state index is 14.7. The summed E-state index contributed by atoms with van der Waals surface area (Å²) in [6, 6.07) is 11.5. The summed E-state index contributed by atoms with van der Waals surface area (Å²) in [7, 11) is 0. The van der Waals surface area contributed by atoms with Crippen molar-refractivity contribution in [1.82, 2.24) is 10.2 Å². The van der Waals surface area contributed by atoms with Crippen LogP contribution in [0.2, 0.25) is 5.02 Å². The van der Waals surface area contributed by atoms with Crippen LogP contribution in [0.25, 0.3) is 0 Å². The minimum Gasteiger partial charge on any atom is -0.464 e. The number of hydrogen-bond donors (Lipinski definition) is 1. The molecule has 3 fully saturated rings. The summed E-state index contributed by atoms with van der Waals surface area (Å²) in [5.41, 5.74) is -1.66. The first kappa shape index (κ1) is 48.1. The third kappa shape index (κ3) is 7.59. The van der Waals surface area contributed by atoms with E-state index < -0.39 is 121 Å². The van der Waals surface area contributed by atoms with Crippen molar-refractivity contribution in [1.29, 1.82) is 0 Å². The van der Waals surface area contributed by atoms with Crippen LogP contribution in [0, 0.1) is 11.8 Å². The molecule has 61 heavy (non-hydrogen) atoms. The Hall–Kier alpha value is -3.89. The maximum Gasteiger partial charge on any atom is 0.460 e. The van der Waals surface area contributed by atoms with Gasteiger partial charge >= 0.3 is 53.6 Å². The lowest BCUT2D eigenvalue weighted by Gasteiger charge is -2.42. The van der Waals surface area contributed by atoms with Crippen molar-refractivity contribution >= 4 is 29.4 Å². The summed E-state index contributed by atoms with van der Waals surface area (Å²) in [6.45, 7) is -1.52. The van der Waals surface area contributed by atoms with Crippen molar-refractivity contribution in [2.24, 2.45) is 11.8 Å². The first-order chi connectivity index (χ1) is 27.9. The molecule has 6 nitrogen and oxygen atoms in total. The van der Waals surface area contributed by atoms with Gasteiger partial charge in [-0.15, -0.1) is 0 Å². The number of nitrogens with one attached hydrogen (secondary N) is 1. The lowest BCUT2D eigenvalue weighted by Crippen LogP contribution is -2.74. The van der Waals surface area contributed by atoms with Crippen molar-refractivity contribution in [3.05, 3.63) is 70.7 Å². The number of hydrogen-bond acceptors (Lipinski definition) is 5. The van der Waals surface area contributed by atoms with Crippen LogP contribution in [0.1, 0.15) is 62.1 Å². The SMILES string of the molecule is O=C1[C@H]2[C@@H](c3ccc(Cl)cc3)N[C@@](Cc3ccccc3)(C(=O)OCCCC(F)(F)C(F)(F)C(F)(F)C(F)(F)C(F)(F)C(F)(F)C(F)(F)C(F)(F)F)[C@H]2C(=O)N1C1CCCCC1. The molecule has 1 N–H and O–H groups in total. The van der Waals surface area contributed by atoms with Gasteiger partial charge in [-0.1, -0.05) is 73.3 Å². The number of fused-ring (bicyclic) bond motifs is 1. The molecule has 0 bridgehead atoms. The van der Waals surface area contributed by atoms with Gasteiger partial charge in [0.05, 0.1) is 18.4 Å². The molecule has 1 saturated carbocycles. The van der Waals surface area contributed by atoms with Gasteiger partial charge in [0.15, 0.2) is 0 Å². The number of ether oxygens (including phenoxy) is 1. The number of imide groups is 1. The molecule has 2 saturated heterocycles. The molecule has 2 heterocycles. The van der Waals surface area contributed by atoms with Gasteiger partial charge in [-0.2, -0.15) is 74.6 Å². The van der Waals surface area contributed by atoms with Gasteiger partial charge in [0.2, 0.25) is 11.8 Å². The highest BCUT2D eigenvalue weighted by molar-refractivity contribution is 6.30. The van der Waals surface area contributed by atoms with Crippen molar-refractivity contribution in [3.63, 3.8) is 0 Å². The molecule has 1 aliphatic carbocycles. The number of carbonyl (C=O) groups excluding carboxylic acids is 3. The number of halogens is 18. The fourth-order valence-electron chi connectivity index (χ4n) is 7.96. The van der Waals surface area contributed by atoms with Gasteiger partial charge in [0, 0.05) is 29.9 Å². The third-order valence-corrected chi connectivity index (χ3v) is 11.5. The molecule has 4 atom stereocenters. The number of alkyl halides is 17. The molecular weight excluding hydrogens is 895 g/mol. The van der Waals surface area contributed by atoms with E-state index in [4.69, 9.17) is 16.3 Å². The smallest absolute Gasteiger partial charge is 0.460 e. The Morgan fingerprint density at radius 2 is 1.20 bits per heavy atom. The number of esters is 1. The Balaban J connectivity index is 1.43. The number of nitrogens with zero attached hydrogens (tertiary/aromatic N) is 1. The number of likely N-dealkylation sites (tertiary alicyclic amines) is 1. The second-order valence-electron chi connectivity index (χ2n) is 15.0. The summed E-state index contributed by atoms with van der Waals surface area (Å²) >= 11 is 6.04. The van der Waals surface area contributed by atoms with Crippen LogP contribution in [0.3, 0.4) is 0 Å².